The number of aryl methyl sites for hydroxylation is 1. The van der Waals surface area contributed by atoms with Crippen molar-refractivity contribution < 1.29 is 15.1 Å². The van der Waals surface area contributed by atoms with Gasteiger partial charge in [0.2, 0.25) is 0 Å². The number of unbranched alkanes of at least 4 members (excludes halogenated alkanes) is 5. The van der Waals surface area contributed by atoms with E-state index in [4.69, 9.17) is 9.94 Å². The third kappa shape index (κ3) is 5.71. The van der Waals surface area contributed by atoms with Gasteiger partial charge >= 0.3 is 0 Å². The van der Waals surface area contributed by atoms with Crippen LogP contribution in [0.5, 0.6) is 5.75 Å². The van der Waals surface area contributed by atoms with E-state index in [0.717, 1.165) is 18.5 Å². The molecule has 0 spiro atoms. The monoisotopic (exact) mass is 294 g/mol. The number of oxime groups is 1. The molecule has 118 valence electrons. The Hall–Kier alpha value is -1.62. The second kappa shape index (κ2) is 10.2. The summed E-state index contributed by atoms with van der Waals surface area (Å²) in [6.07, 6.45) is 10.0. The van der Waals surface area contributed by atoms with Gasteiger partial charge in [0.1, 0.15) is 5.75 Å². The molecular weight excluding hydrogens is 268 g/mol. The fourth-order valence-electron chi connectivity index (χ4n) is 2.21. The maximum absolute atomic E-state index is 9.31. The molecule has 1 aromatic rings. The molecule has 0 unspecified atom stereocenters. The van der Waals surface area contributed by atoms with E-state index in [0.29, 0.717) is 23.5 Å². The largest absolute Gasteiger partial charge is 0.491 e. The van der Waals surface area contributed by atoms with Gasteiger partial charge in [-0.25, -0.2) is 0 Å². The first-order chi connectivity index (χ1) is 10.2. The summed E-state index contributed by atoms with van der Waals surface area (Å²) < 4.78 is 5.79. The normalized spacial score (nSPS) is 11.2. The summed E-state index contributed by atoms with van der Waals surface area (Å²) in [4.78, 5) is 4.20. The van der Waals surface area contributed by atoms with Gasteiger partial charge in [-0.05, 0) is 13.3 Å². The van der Waals surface area contributed by atoms with E-state index in [-0.39, 0.29) is 6.61 Å². The molecule has 0 radical (unpaired) electrons. The molecule has 0 bridgehead atoms. The Kier molecular flexibility index (Phi) is 8.43. The minimum atomic E-state index is -0.165. The SMILES string of the molecule is CCCCCCCCOc1c(C)ncc(CO)c1/C=N\O. The highest BCUT2D eigenvalue weighted by molar-refractivity contribution is 5.85. The molecular formula is C16H26N2O3. The van der Waals surface area contributed by atoms with E-state index in [2.05, 4.69) is 17.1 Å². The Morgan fingerprint density at radius 1 is 1.24 bits per heavy atom. The number of pyridine rings is 1. The summed E-state index contributed by atoms with van der Waals surface area (Å²) >= 11 is 0. The van der Waals surface area contributed by atoms with Crippen LogP contribution in [0, 0.1) is 6.92 Å². The van der Waals surface area contributed by atoms with Crippen LogP contribution in [0.15, 0.2) is 11.4 Å². The van der Waals surface area contributed by atoms with Crippen molar-refractivity contribution in [3.05, 3.63) is 23.0 Å². The Labute approximate surface area is 126 Å². The molecule has 5 nitrogen and oxygen atoms in total. The first kappa shape index (κ1) is 17.4. The molecule has 5 heteroatoms. The lowest BCUT2D eigenvalue weighted by molar-refractivity contribution is 0.275. The molecule has 1 aromatic heterocycles. The highest BCUT2D eigenvalue weighted by atomic mass is 16.5. The number of rotatable bonds is 10. The fourth-order valence-corrected chi connectivity index (χ4v) is 2.21. The summed E-state index contributed by atoms with van der Waals surface area (Å²) in [5.41, 5.74) is 1.92. The van der Waals surface area contributed by atoms with Crippen molar-refractivity contribution in [2.45, 2.75) is 59.0 Å². The number of ether oxygens (including phenoxy) is 1. The Bertz CT molecular complexity index is 447. The maximum atomic E-state index is 9.31. The zero-order valence-corrected chi connectivity index (χ0v) is 13.0. The van der Waals surface area contributed by atoms with E-state index in [1.807, 2.05) is 6.92 Å². The van der Waals surface area contributed by atoms with Crippen LogP contribution in [0.25, 0.3) is 0 Å². The van der Waals surface area contributed by atoms with Crippen molar-refractivity contribution in [1.82, 2.24) is 4.98 Å². The highest BCUT2D eigenvalue weighted by Crippen LogP contribution is 2.24. The molecule has 1 rings (SSSR count). The second-order valence-corrected chi connectivity index (χ2v) is 5.13. The molecule has 0 saturated carbocycles. The van der Waals surface area contributed by atoms with Crippen molar-refractivity contribution in [3.8, 4) is 5.75 Å². The Balaban J connectivity index is 2.57. The molecule has 0 fully saturated rings. The van der Waals surface area contributed by atoms with E-state index < -0.39 is 0 Å². The summed E-state index contributed by atoms with van der Waals surface area (Å²) in [7, 11) is 0. The molecule has 0 saturated heterocycles. The van der Waals surface area contributed by atoms with Crippen molar-refractivity contribution >= 4 is 6.21 Å². The minimum Gasteiger partial charge on any atom is -0.491 e. The molecule has 0 aliphatic carbocycles. The van der Waals surface area contributed by atoms with Crippen LogP contribution in [0.3, 0.4) is 0 Å². The van der Waals surface area contributed by atoms with Gasteiger partial charge in [0.15, 0.2) is 0 Å². The lowest BCUT2D eigenvalue weighted by Crippen LogP contribution is -2.06. The number of nitrogens with zero attached hydrogens (tertiary/aromatic N) is 2. The molecule has 1 heterocycles. The van der Waals surface area contributed by atoms with Crippen molar-refractivity contribution in [2.75, 3.05) is 6.61 Å². The van der Waals surface area contributed by atoms with E-state index in [9.17, 15) is 5.11 Å². The first-order valence-electron chi connectivity index (χ1n) is 7.64. The predicted molar refractivity (Wildman–Crippen MR) is 83.1 cm³/mol. The highest BCUT2D eigenvalue weighted by Gasteiger charge is 2.12. The van der Waals surface area contributed by atoms with Gasteiger partial charge in [0.25, 0.3) is 0 Å². The van der Waals surface area contributed by atoms with Gasteiger partial charge < -0.3 is 15.1 Å². The number of aliphatic hydroxyl groups is 1. The fraction of sp³-hybridized carbons (Fsp3) is 0.625. The van der Waals surface area contributed by atoms with E-state index in [1.54, 1.807) is 6.20 Å². The van der Waals surface area contributed by atoms with Gasteiger partial charge in [0.05, 0.1) is 25.1 Å². The summed E-state index contributed by atoms with van der Waals surface area (Å²) in [5, 5.41) is 21.1. The minimum absolute atomic E-state index is 0.165. The van der Waals surface area contributed by atoms with Gasteiger partial charge in [0, 0.05) is 17.3 Å². The van der Waals surface area contributed by atoms with Gasteiger partial charge in [-0.2, -0.15) is 0 Å². The lowest BCUT2D eigenvalue weighted by Gasteiger charge is -2.13. The average molecular weight is 294 g/mol. The molecule has 21 heavy (non-hydrogen) atoms. The maximum Gasteiger partial charge on any atom is 0.149 e. The molecule has 0 aromatic carbocycles. The number of hydrogen-bond donors (Lipinski definition) is 2. The second-order valence-electron chi connectivity index (χ2n) is 5.13. The standard InChI is InChI=1S/C16H26N2O3/c1-3-4-5-6-7-8-9-21-16-13(2)17-10-14(12-19)15(16)11-18-20/h10-11,19-20H,3-9,12H2,1-2H3/b18-11-. The lowest BCUT2D eigenvalue weighted by atomic mass is 10.1. The van der Waals surface area contributed by atoms with Crippen LogP contribution in [-0.4, -0.2) is 28.1 Å². The predicted octanol–water partition coefficient (Wildman–Crippen LogP) is 3.43. The van der Waals surface area contributed by atoms with Crippen molar-refractivity contribution in [1.29, 1.82) is 0 Å². The van der Waals surface area contributed by atoms with Gasteiger partial charge in [-0.3, -0.25) is 4.98 Å². The van der Waals surface area contributed by atoms with Crippen molar-refractivity contribution in [3.63, 3.8) is 0 Å². The number of hydrogen-bond acceptors (Lipinski definition) is 5. The topological polar surface area (TPSA) is 74.9 Å². The summed E-state index contributed by atoms with van der Waals surface area (Å²) in [6, 6.07) is 0. The first-order valence-corrected chi connectivity index (χ1v) is 7.64. The molecule has 2 N–H and O–H groups in total. The van der Waals surface area contributed by atoms with Crippen molar-refractivity contribution in [2.24, 2.45) is 5.16 Å². The van der Waals surface area contributed by atoms with Gasteiger partial charge in [-0.15, -0.1) is 0 Å². The zero-order valence-electron chi connectivity index (χ0n) is 13.0. The smallest absolute Gasteiger partial charge is 0.149 e. The molecule has 0 amide bonds. The average Bonchev–Trinajstić information content (AvgIpc) is 2.49. The van der Waals surface area contributed by atoms with Crippen LogP contribution in [0.2, 0.25) is 0 Å². The third-order valence-corrected chi connectivity index (χ3v) is 3.43. The molecule has 0 aliphatic heterocycles. The van der Waals surface area contributed by atoms with Gasteiger partial charge in [-0.1, -0.05) is 44.2 Å². The Morgan fingerprint density at radius 2 is 1.95 bits per heavy atom. The van der Waals surface area contributed by atoms with Crippen LogP contribution in [0.4, 0.5) is 0 Å². The van der Waals surface area contributed by atoms with E-state index in [1.165, 1.54) is 31.9 Å². The number of aromatic nitrogens is 1. The van der Waals surface area contributed by atoms with Crippen LogP contribution < -0.4 is 4.74 Å². The summed E-state index contributed by atoms with van der Waals surface area (Å²) in [6.45, 7) is 4.49. The third-order valence-electron chi connectivity index (χ3n) is 3.43. The molecule has 0 aliphatic rings. The number of aliphatic hydroxyl groups excluding tert-OH is 1. The van der Waals surface area contributed by atoms with E-state index >= 15 is 0 Å². The quantitative estimate of drug-likeness (QED) is 0.300. The Morgan fingerprint density at radius 3 is 2.62 bits per heavy atom. The zero-order chi connectivity index (χ0) is 15.5. The molecule has 0 atom stereocenters. The van der Waals surface area contributed by atoms with Crippen LogP contribution in [-0.2, 0) is 6.61 Å². The van der Waals surface area contributed by atoms with Crippen LogP contribution in [0.1, 0.15) is 62.3 Å². The summed E-state index contributed by atoms with van der Waals surface area (Å²) in [5.74, 6) is 0.591. The van der Waals surface area contributed by atoms with Crippen LogP contribution >= 0.6 is 0 Å².